The standard InChI is InChI=1S/C12H20N4O.ClH/c1-9-11(8-15-16(9)2)12(17)14-7-5-10-4-3-6-13-10;/h8,10,13H,3-7H2,1-2H3,(H,14,17);1H/t10-;/m1./s1. The Morgan fingerprint density at radius 1 is 1.67 bits per heavy atom. The molecule has 0 bridgehead atoms. The molecule has 1 fully saturated rings. The minimum atomic E-state index is -0.0198. The molecule has 102 valence electrons. The van der Waals surface area contributed by atoms with E-state index in [2.05, 4.69) is 15.7 Å². The summed E-state index contributed by atoms with van der Waals surface area (Å²) in [4.78, 5) is 11.9. The van der Waals surface area contributed by atoms with Gasteiger partial charge in [0.05, 0.1) is 11.8 Å². The number of nitrogens with one attached hydrogen (secondary N) is 2. The van der Waals surface area contributed by atoms with E-state index in [1.807, 2.05) is 14.0 Å². The summed E-state index contributed by atoms with van der Waals surface area (Å²) in [6.07, 6.45) is 5.10. The molecular formula is C12H21ClN4O. The topological polar surface area (TPSA) is 59.0 Å². The number of carbonyl (C=O) groups is 1. The second-order valence-corrected chi connectivity index (χ2v) is 4.61. The molecule has 1 aliphatic heterocycles. The number of aromatic nitrogens is 2. The van der Waals surface area contributed by atoms with Crippen LogP contribution in [-0.4, -0.2) is 34.8 Å². The van der Waals surface area contributed by atoms with Crippen LogP contribution in [0.4, 0.5) is 0 Å². The summed E-state index contributed by atoms with van der Waals surface area (Å²) in [5.41, 5.74) is 1.58. The number of hydrogen-bond acceptors (Lipinski definition) is 3. The maximum atomic E-state index is 11.9. The summed E-state index contributed by atoms with van der Waals surface area (Å²) in [5.74, 6) is -0.0198. The molecular weight excluding hydrogens is 252 g/mol. The Bertz CT molecular complexity index is 399. The molecule has 2 rings (SSSR count). The lowest BCUT2D eigenvalue weighted by atomic mass is 10.1. The lowest BCUT2D eigenvalue weighted by Crippen LogP contribution is -2.30. The molecule has 18 heavy (non-hydrogen) atoms. The highest BCUT2D eigenvalue weighted by atomic mass is 35.5. The van der Waals surface area contributed by atoms with Gasteiger partial charge in [-0.25, -0.2) is 0 Å². The maximum Gasteiger partial charge on any atom is 0.254 e. The van der Waals surface area contributed by atoms with Gasteiger partial charge in [0.25, 0.3) is 5.91 Å². The fourth-order valence-corrected chi connectivity index (χ4v) is 2.18. The van der Waals surface area contributed by atoms with Crippen molar-refractivity contribution in [2.24, 2.45) is 7.05 Å². The Morgan fingerprint density at radius 2 is 2.44 bits per heavy atom. The molecule has 1 aromatic heterocycles. The number of halogens is 1. The van der Waals surface area contributed by atoms with Gasteiger partial charge in [-0.1, -0.05) is 0 Å². The highest BCUT2D eigenvalue weighted by Gasteiger charge is 2.15. The summed E-state index contributed by atoms with van der Waals surface area (Å²) >= 11 is 0. The third kappa shape index (κ3) is 3.46. The zero-order valence-electron chi connectivity index (χ0n) is 10.9. The van der Waals surface area contributed by atoms with Crippen molar-refractivity contribution in [2.45, 2.75) is 32.2 Å². The Hall–Kier alpha value is -1.07. The Balaban J connectivity index is 0.00000162. The molecule has 5 nitrogen and oxygen atoms in total. The van der Waals surface area contributed by atoms with E-state index >= 15 is 0 Å². The molecule has 0 unspecified atom stereocenters. The van der Waals surface area contributed by atoms with Crippen molar-refractivity contribution in [3.63, 3.8) is 0 Å². The first-order valence-electron chi connectivity index (χ1n) is 6.18. The molecule has 1 saturated heterocycles. The van der Waals surface area contributed by atoms with E-state index < -0.39 is 0 Å². The van der Waals surface area contributed by atoms with Crippen LogP contribution in [0.15, 0.2) is 6.20 Å². The summed E-state index contributed by atoms with van der Waals surface area (Å²) in [6, 6.07) is 0.574. The number of carbonyl (C=O) groups excluding carboxylic acids is 1. The summed E-state index contributed by atoms with van der Waals surface area (Å²) in [7, 11) is 1.84. The van der Waals surface area contributed by atoms with E-state index in [1.54, 1.807) is 10.9 Å². The molecule has 0 saturated carbocycles. The van der Waals surface area contributed by atoms with Gasteiger partial charge in [0.15, 0.2) is 0 Å². The molecule has 2 heterocycles. The highest BCUT2D eigenvalue weighted by Crippen LogP contribution is 2.08. The van der Waals surface area contributed by atoms with Gasteiger partial charge < -0.3 is 10.6 Å². The molecule has 1 atom stereocenters. The average molecular weight is 273 g/mol. The van der Waals surface area contributed by atoms with E-state index in [0.717, 1.165) is 25.2 Å². The summed E-state index contributed by atoms with van der Waals surface area (Å²) in [6.45, 7) is 3.74. The molecule has 2 N–H and O–H groups in total. The van der Waals surface area contributed by atoms with E-state index in [4.69, 9.17) is 0 Å². The van der Waals surface area contributed by atoms with Gasteiger partial charge in [0.2, 0.25) is 0 Å². The SMILES string of the molecule is Cc1c(C(=O)NCC[C@H]2CCCN2)cnn1C.Cl. The molecule has 1 aliphatic rings. The largest absolute Gasteiger partial charge is 0.352 e. The van der Waals surface area contributed by atoms with Crippen LogP contribution in [0.1, 0.15) is 35.3 Å². The first kappa shape index (κ1) is 15.0. The van der Waals surface area contributed by atoms with E-state index in [1.165, 1.54) is 12.8 Å². The van der Waals surface area contributed by atoms with Gasteiger partial charge in [-0.3, -0.25) is 9.48 Å². The Kier molecular flexibility index (Phi) is 5.62. The van der Waals surface area contributed by atoms with E-state index in [9.17, 15) is 4.79 Å². The monoisotopic (exact) mass is 272 g/mol. The van der Waals surface area contributed by atoms with E-state index in [0.29, 0.717) is 11.6 Å². The van der Waals surface area contributed by atoms with Crippen molar-refractivity contribution < 1.29 is 4.79 Å². The second-order valence-electron chi connectivity index (χ2n) is 4.61. The lowest BCUT2D eigenvalue weighted by molar-refractivity contribution is 0.0951. The van der Waals surface area contributed by atoms with Crippen molar-refractivity contribution in [3.8, 4) is 0 Å². The Labute approximate surface area is 114 Å². The third-order valence-corrected chi connectivity index (χ3v) is 3.42. The second kappa shape index (κ2) is 6.75. The van der Waals surface area contributed by atoms with Gasteiger partial charge in [-0.2, -0.15) is 5.10 Å². The normalized spacial score (nSPS) is 18.4. The molecule has 0 radical (unpaired) electrons. The fraction of sp³-hybridized carbons (Fsp3) is 0.667. The number of hydrogen-bond donors (Lipinski definition) is 2. The fourth-order valence-electron chi connectivity index (χ4n) is 2.18. The van der Waals surface area contributed by atoms with Crippen molar-refractivity contribution in [1.29, 1.82) is 0 Å². The number of rotatable bonds is 4. The Morgan fingerprint density at radius 3 is 3.00 bits per heavy atom. The zero-order chi connectivity index (χ0) is 12.3. The summed E-state index contributed by atoms with van der Waals surface area (Å²) in [5, 5.41) is 10.4. The van der Waals surface area contributed by atoms with Crippen molar-refractivity contribution in [3.05, 3.63) is 17.5 Å². The lowest BCUT2D eigenvalue weighted by Gasteiger charge is -2.10. The quantitative estimate of drug-likeness (QED) is 0.861. The molecule has 0 spiro atoms. The number of aryl methyl sites for hydroxylation is 1. The molecule has 1 aromatic rings. The summed E-state index contributed by atoms with van der Waals surface area (Å²) < 4.78 is 1.72. The number of amides is 1. The molecule has 0 aromatic carbocycles. The minimum Gasteiger partial charge on any atom is -0.352 e. The number of nitrogens with zero attached hydrogens (tertiary/aromatic N) is 2. The van der Waals surface area contributed by atoms with Crippen LogP contribution in [-0.2, 0) is 7.05 Å². The van der Waals surface area contributed by atoms with Crippen molar-refractivity contribution >= 4 is 18.3 Å². The predicted octanol–water partition coefficient (Wildman–Crippen LogP) is 1.02. The van der Waals surface area contributed by atoms with Crippen LogP contribution in [0, 0.1) is 6.92 Å². The van der Waals surface area contributed by atoms with Gasteiger partial charge in [0, 0.05) is 25.3 Å². The van der Waals surface area contributed by atoms with Crippen LogP contribution in [0.5, 0.6) is 0 Å². The predicted molar refractivity (Wildman–Crippen MR) is 73.2 cm³/mol. The van der Waals surface area contributed by atoms with Gasteiger partial charge in [-0.05, 0) is 32.7 Å². The first-order chi connectivity index (χ1) is 8.18. The maximum absolute atomic E-state index is 11.9. The molecule has 0 aliphatic carbocycles. The van der Waals surface area contributed by atoms with Crippen LogP contribution in [0.3, 0.4) is 0 Å². The smallest absolute Gasteiger partial charge is 0.254 e. The average Bonchev–Trinajstić information content (AvgIpc) is 2.91. The van der Waals surface area contributed by atoms with Crippen LogP contribution < -0.4 is 10.6 Å². The van der Waals surface area contributed by atoms with Gasteiger partial charge >= 0.3 is 0 Å². The zero-order valence-corrected chi connectivity index (χ0v) is 11.7. The molecule has 1 amide bonds. The van der Waals surface area contributed by atoms with Crippen molar-refractivity contribution in [1.82, 2.24) is 20.4 Å². The van der Waals surface area contributed by atoms with Crippen LogP contribution in [0.25, 0.3) is 0 Å². The van der Waals surface area contributed by atoms with E-state index in [-0.39, 0.29) is 18.3 Å². The third-order valence-electron chi connectivity index (χ3n) is 3.42. The van der Waals surface area contributed by atoms with Crippen molar-refractivity contribution in [2.75, 3.05) is 13.1 Å². The first-order valence-corrected chi connectivity index (χ1v) is 6.18. The van der Waals surface area contributed by atoms with Crippen LogP contribution in [0.2, 0.25) is 0 Å². The highest BCUT2D eigenvalue weighted by molar-refractivity contribution is 5.94. The minimum absolute atomic E-state index is 0. The molecule has 6 heteroatoms. The van der Waals surface area contributed by atoms with Crippen LogP contribution >= 0.6 is 12.4 Å². The van der Waals surface area contributed by atoms with Gasteiger partial charge in [-0.15, -0.1) is 12.4 Å². The van der Waals surface area contributed by atoms with Gasteiger partial charge in [0.1, 0.15) is 0 Å².